The Morgan fingerprint density at radius 1 is 1.19 bits per heavy atom. The minimum absolute atomic E-state index is 0.0471. The van der Waals surface area contributed by atoms with Gasteiger partial charge in [0, 0.05) is 24.4 Å². The maximum atomic E-state index is 13.0. The Labute approximate surface area is 183 Å². The van der Waals surface area contributed by atoms with Crippen molar-refractivity contribution in [3.8, 4) is 0 Å². The summed E-state index contributed by atoms with van der Waals surface area (Å²) in [6.45, 7) is 2.39. The van der Waals surface area contributed by atoms with Gasteiger partial charge < -0.3 is 14.5 Å². The Bertz CT molecular complexity index is 1190. The van der Waals surface area contributed by atoms with Gasteiger partial charge in [-0.1, -0.05) is 18.2 Å². The van der Waals surface area contributed by atoms with Gasteiger partial charge in [-0.05, 0) is 43.3 Å². The Morgan fingerprint density at radius 3 is 2.61 bits per heavy atom. The number of fused-ring (bicyclic) bond motifs is 1. The first-order valence-corrected chi connectivity index (χ1v) is 12.3. The molecule has 164 valence electrons. The van der Waals surface area contributed by atoms with Crippen molar-refractivity contribution in [1.82, 2.24) is 4.31 Å². The van der Waals surface area contributed by atoms with Crippen molar-refractivity contribution in [2.24, 2.45) is 5.92 Å². The number of benzene rings is 1. The highest BCUT2D eigenvalue weighted by Gasteiger charge is 2.33. The number of rotatable bonds is 6. The van der Waals surface area contributed by atoms with Gasteiger partial charge in [-0.3, -0.25) is 4.79 Å². The van der Waals surface area contributed by atoms with E-state index in [1.807, 2.05) is 0 Å². The molecule has 0 bridgehead atoms. The number of furan rings is 1. The van der Waals surface area contributed by atoms with E-state index in [4.69, 9.17) is 9.15 Å². The minimum Gasteiger partial charge on any atom is -0.460 e. The van der Waals surface area contributed by atoms with Crippen LogP contribution in [0, 0.1) is 5.92 Å². The van der Waals surface area contributed by atoms with Gasteiger partial charge in [0.15, 0.2) is 0 Å². The summed E-state index contributed by atoms with van der Waals surface area (Å²) >= 11 is 1.18. The number of anilines is 1. The second kappa shape index (κ2) is 8.81. The molecule has 8 nitrogen and oxygen atoms in total. The molecule has 1 fully saturated rings. The summed E-state index contributed by atoms with van der Waals surface area (Å²) in [5.41, 5.74) is 0.755. The smallest absolute Gasteiger partial charge is 0.376 e. The standard InChI is InChI=1S/C21H22N2O6S2/c1-2-28-21(25)19-18(15-6-3-4-7-16(15)29-19)22-20(24)14-9-11-23(12-10-14)31(26,27)17-8-5-13-30-17/h3-8,13-14H,2,9-12H2,1H3,(H,22,24). The lowest BCUT2D eigenvalue weighted by Gasteiger charge is -2.30. The molecule has 1 N–H and O–H groups in total. The molecule has 4 rings (SSSR count). The normalized spacial score (nSPS) is 15.8. The largest absolute Gasteiger partial charge is 0.460 e. The van der Waals surface area contributed by atoms with Crippen molar-refractivity contribution in [2.45, 2.75) is 24.0 Å². The highest BCUT2D eigenvalue weighted by atomic mass is 32.2. The average Bonchev–Trinajstić information content (AvgIpc) is 3.43. The molecule has 0 aliphatic carbocycles. The fourth-order valence-corrected chi connectivity index (χ4v) is 6.25. The van der Waals surface area contributed by atoms with Crippen molar-refractivity contribution in [2.75, 3.05) is 25.0 Å². The van der Waals surface area contributed by atoms with Gasteiger partial charge in [0.2, 0.25) is 11.7 Å². The summed E-state index contributed by atoms with van der Waals surface area (Å²) in [5, 5.41) is 5.16. The number of para-hydroxylation sites is 1. The van der Waals surface area contributed by atoms with Crippen molar-refractivity contribution in [3.05, 3.63) is 47.5 Å². The van der Waals surface area contributed by atoms with E-state index in [0.29, 0.717) is 28.0 Å². The van der Waals surface area contributed by atoms with Crippen molar-refractivity contribution in [3.63, 3.8) is 0 Å². The second-order valence-electron chi connectivity index (χ2n) is 7.12. The van der Waals surface area contributed by atoms with E-state index >= 15 is 0 Å². The third-order valence-electron chi connectivity index (χ3n) is 5.22. The molecule has 0 spiro atoms. The van der Waals surface area contributed by atoms with E-state index in [9.17, 15) is 18.0 Å². The Balaban J connectivity index is 1.49. The number of ether oxygens (including phenoxy) is 1. The Hall–Kier alpha value is -2.69. The molecule has 0 atom stereocenters. The van der Waals surface area contributed by atoms with Crippen LogP contribution < -0.4 is 5.32 Å². The number of nitrogens with zero attached hydrogens (tertiary/aromatic N) is 1. The van der Waals surface area contributed by atoms with Crippen LogP contribution in [0.2, 0.25) is 0 Å². The van der Waals surface area contributed by atoms with E-state index in [2.05, 4.69) is 5.32 Å². The Kier molecular flexibility index (Phi) is 6.12. The fourth-order valence-electron chi connectivity index (χ4n) is 3.63. The molecular weight excluding hydrogens is 440 g/mol. The molecular formula is C21H22N2O6S2. The summed E-state index contributed by atoms with van der Waals surface area (Å²) in [6, 6.07) is 10.3. The first kappa shape index (κ1) is 21.5. The van der Waals surface area contributed by atoms with Crippen LogP contribution in [0.4, 0.5) is 5.69 Å². The van der Waals surface area contributed by atoms with Gasteiger partial charge >= 0.3 is 5.97 Å². The maximum Gasteiger partial charge on any atom is 0.376 e. The average molecular weight is 463 g/mol. The minimum atomic E-state index is -3.53. The summed E-state index contributed by atoms with van der Waals surface area (Å²) < 4.78 is 37.8. The quantitative estimate of drug-likeness (QED) is 0.560. The number of sulfonamides is 1. The second-order valence-corrected chi connectivity index (χ2v) is 10.2. The molecule has 10 heteroatoms. The third-order valence-corrected chi connectivity index (χ3v) is 8.49. The van der Waals surface area contributed by atoms with E-state index in [-0.39, 0.29) is 43.0 Å². The van der Waals surface area contributed by atoms with E-state index in [1.54, 1.807) is 48.7 Å². The third kappa shape index (κ3) is 4.23. The summed E-state index contributed by atoms with van der Waals surface area (Å²) in [5.74, 6) is -1.34. The Morgan fingerprint density at radius 2 is 1.94 bits per heavy atom. The van der Waals surface area contributed by atoms with Crippen LogP contribution in [0.25, 0.3) is 11.0 Å². The zero-order valence-electron chi connectivity index (χ0n) is 16.9. The first-order chi connectivity index (χ1) is 14.9. The molecule has 0 saturated carbocycles. The number of piperidine rings is 1. The molecule has 1 aliphatic rings. The van der Waals surface area contributed by atoms with E-state index < -0.39 is 16.0 Å². The van der Waals surface area contributed by atoms with Crippen LogP contribution in [-0.2, 0) is 19.6 Å². The van der Waals surface area contributed by atoms with Gasteiger partial charge in [0.05, 0.1) is 6.61 Å². The lowest BCUT2D eigenvalue weighted by Crippen LogP contribution is -2.41. The van der Waals surface area contributed by atoms with Crippen LogP contribution in [-0.4, -0.2) is 44.3 Å². The molecule has 3 aromatic rings. The highest BCUT2D eigenvalue weighted by Crippen LogP contribution is 2.33. The molecule has 31 heavy (non-hydrogen) atoms. The summed E-state index contributed by atoms with van der Waals surface area (Å²) in [7, 11) is -3.53. The number of hydrogen-bond acceptors (Lipinski definition) is 7. The monoisotopic (exact) mass is 462 g/mol. The van der Waals surface area contributed by atoms with Crippen LogP contribution in [0.3, 0.4) is 0 Å². The van der Waals surface area contributed by atoms with Gasteiger partial charge in [-0.2, -0.15) is 4.31 Å². The fraction of sp³-hybridized carbons (Fsp3) is 0.333. The molecule has 1 aromatic carbocycles. The molecule has 1 amide bonds. The molecule has 0 radical (unpaired) electrons. The lowest BCUT2D eigenvalue weighted by molar-refractivity contribution is -0.120. The number of hydrogen-bond donors (Lipinski definition) is 1. The van der Waals surface area contributed by atoms with Gasteiger partial charge in [-0.25, -0.2) is 13.2 Å². The van der Waals surface area contributed by atoms with E-state index in [1.165, 1.54) is 15.6 Å². The van der Waals surface area contributed by atoms with Crippen LogP contribution in [0.1, 0.15) is 30.3 Å². The lowest BCUT2D eigenvalue weighted by atomic mass is 9.97. The molecule has 1 saturated heterocycles. The zero-order chi connectivity index (χ0) is 22.0. The number of amides is 1. The summed E-state index contributed by atoms with van der Waals surface area (Å²) in [4.78, 5) is 25.3. The van der Waals surface area contributed by atoms with Crippen molar-refractivity contribution >= 4 is 49.9 Å². The first-order valence-electron chi connectivity index (χ1n) is 9.95. The summed E-state index contributed by atoms with van der Waals surface area (Å²) in [6.07, 6.45) is 0.780. The molecule has 0 unspecified atom stereocenters. The van der Waals surface area contributed by atoms with Gasteiger partial charge in [0.1, 0.15) is 15.5 Å². The zero-order valence-corrected chi connectivity index (χ0v) is 18.5. The SMILES string of the molecule is CCOC(=O)c1oc2ccccc2c1NC(=O)C1CCN(S(=O)(=O)c2cccs2)CC1. The van der Waals surface area contributed by atoms with Crippen LogP contribution in [0.15, 0.2) is 50.4 Å². The number of esters is 1. The molecule has 2 aromatic heterocycles. The number of nitrogens with one attached hydrogen (secondary N) is 1. The number of thiophene rings is 1. The van der Waals surface area contributed by atoms with Gasteiger partial charge in [-0.15, -0.1) is 11.3 Å². The maximum absolute atomic E-state index is 13.0. The van der Waals surface area contributed by atoms with Crippen LogP contribution >= 0.6 is 11.3 Å². The highest BCUT2D eigenvalue weighted by molar-refractivity contribution is 7.91. The number of carbonyl (C=O) groups excluding carboxylic acids is 2. The van der Waals surface area contributed by atoms with Gasteiger partial charge in [0.25, 0.3) is 10.0 Å². The molecule has 1 aliphatic heterocycles. The van der Waals surface area contributed by atoms with Crippen molar-refractivity contribution in [1.29, 1.82) is 0 Å². The predicted octanol–water partition coefficient (Wildman–Crippen LogP) is 3.71. The van der Waals surface area contributed by atoms with Crippen LogP contribution in [0.5, 0.6) is 0 Å². The topological polar surface area (TPSA) is 106 Å². The molecule has 3 heterocycles. The number of carbonyl (C=O) groups is 2. The van der Waals surface area contributed by atoms with E-state index in [0.717, 1.165) is 0 Å². The van der Waals surface area contributed by atoms with Crippen molar-refractivity contribution < 1.29 is 27.2 Å². The predicted molar refractivity (Wildman–Crippen MR) is 117 cm³/mol.